The van der Waals surface area contributed by atoms with E-state index in [1.54, 1.807) is 12.1 Å². The Morgan fingerprint density at radius 3 is 2.67 bits per heavy atom. The topological polar surface area (TPSA) is 75.3 Å². The first kappa shape index (κ1) is 16.2. The van der Waals surface area contributed by atoms with Gasteiger partial charge in [-0.3, -0.25) is 4.79 Å². The number of nitrogens with one attached hydrogen (secondary N) is 2. The predicted octanol–water partition coefficient (Wildman–Crippen LogP) is 2.74. The average Bonchev–Trinajstić information content (AvgIpc) is 2.84. The van der Waals surface area contributed by atoms with E-state index in [9.17, 15) is 13.2 Å². The molecule has 1 amide bonds. The smallest absolute Gasteiger partial charge is 0.250 e. The van der Waals surface area contributed by atoms with Crippen molar-refractivity contribution in [2.45, 2.75) is 11.1 Å². The lowest BCUT2D eigenvalue weighted by Crippen LogP contribution is -2.32. The molecular formula is C13H13BrN2O3S2. The summed E-state index contributed by atoms with van der Waals surface area (Å²) >= 11 is 4.29. The first-order valence-corrected chi connectivity index (χ1v) is 9.07. The highest BCUT2D eigenvalue weighted by molar-refractivity contribution is 9.11. The molecule has 0 unspecified atom stereocenters. The van der Waals surface area contributed by atoms with E-state index >= 15 is 0 Å². The van der Waals surface area contributed by atoms with Gasteiger partial charge in [-0.05, 0) is 52.7 Å². The van der Waals surface area contributed by atoms with Crippen molar-refractivity contribution >= 4 is 48.9 Å². The SMILES string of the molecule is Cc1cccc(NC(=O)CNS(=O)(=O)c2ccc(Br)s2)c1. The highest BCUT2D eigenvalue weighted by Crippen LogP contribution is 2.25. The molecule has 5 nitrogen and oxygen atoms in total. The van der Waals surface area contributed by atoms with Crippen molar-refractivity contribution in [3.63, 3.8) is 0 Å². The number of benzene rings is 1. The summed E-state index contributed by atoms with van der Waals surface area (Å²) in [5, 5.41) is 2.64. The van der Waals surface area contributed by atoms with Crippen LogP contribution >= 0.6 is 27.3 Å². The quantitative estimate of drug-likeness (QED) is 0.826. The van der Waals surface area contributed by atoms with E-state index in [0.717, 1.165) is 16.9 Å². The molecule has 0 saturated carbocycles. The molecule has 2 rings (SSSR count). The number of hydrogen-bond acceptors (Lipinski definition) is 4. The van der Waals surface area contributed by atoms with E-state index in [1.165, 1.54) is 6.07 Å². The summed E-state index contributed by atoms with van der Waals surface area (Å²) in [6, 6.07) is 10.4. The Hall–Kier alpha value is -1.22. The van der Waals surface area contributed by atoms with E-state index in [-0.39, 0.29) is 10.8 Å². The van der Waals surface area contributed by atoms with Crippen LogP contribution in [-0.2, 0) is 14.8 Å². The van der Waals surface area contributed by atoms with Crippen molar-refractivity contribution in [3.8, 4) is 0 Å². The Kier molecular flexibility index (Phi) is 5.15. The van der Waals surface area contributed by atoms with E-state index < -0.39 is 15.9 Å². The molecule has 1 aromatic heterocycles. The maximum absolute atomic E-state index is 12.0. The van der Waals surface area contributed by atoms with Crippen LogP contribution in [-0.4, -0.2) is 20.9 Å². The molecular weight excluding hydrogens is 376 g/mol. The van der Waals surface area contributed by atoms with Gasteiger partial charge in [-0.1, -0.05) is 12.1 Å². The van der Waals surface area contributed by atoms with Gasteiger partial charge in [-0.2, -0.15) is 0 Å². The van der Waals surface area contributed by atoms with Gasteiger partial charge in [0.1, 0.15) is 4.21 Å². The molecule has 1 heterocycles. The Morgan fingerprint density at radius 1 is 1.29 bits per heavy atom. The lowest BCUT2D eigenvalue weighted by molar-refractivity contribution is -0.115. The second kappa shape index (κ2) is 6.69. The first-order valence-electron chi connectivity index (χ1n) is 5.98. The Morgan fingerprint density at radius 2 is 2.05 bits per heavy atom. The molecule has 1 aromatic carbocycles. The lowest BCUT2D eigenvalue weighted by Gasteiger charge is -2.07. The molecule has 0 aliphatic heterocycles. The summed E-state index contributed by atoms with van der Waals surface area (Å²) < 4.78 is 27.1. The third-order valence-corrected chi connectivity index (χ3v) is 6.05. The number of carbonyl (C=O) groups excluding carboxylic acids is 1. The van der Waals surface area contributed by atoms with Crippen LogP contribution in [0.15, 0.2) is 44.4 Å². The van der Waals surface area contributed by atoms with Crippen molar-refractivity contribution in [1.29, 1.82) is 0 Å². The van der Waals surface area contributed by atoms with Crippen molar-refractivity contribution in [2.75, 3.05) is 11.9 Å². The van der Waals surface area contributed by atoms with Gasteiger partial charge in [-0.15, -0.1) is 11.3 Å². The fraction of sp³-hybridized carbons (Fsp3) is 0.154. The molecule has 8 heteroatoms. The minimum Gasteiger partial charge on any atom is -0.325 e. The molecule has 0 fully saturated rings. The Balaban J connectivity index is 1.95. The largest absolute Gasteiger partial charge is 0.325 e. The number of rotatable bonds is 5. The van der Waals surface area contributed by atoms with Gasteiger partial charge in [0.05, 0.1) is 10.3 Å². The van der Waals surface area contributed by atoms with Crippen LogP contribution in [0.4, 0.5) is 5.69 Å². The number of hydrogen-bond donors (Lipinski definition) is 2. The van der Waals surface area contributed by atoms with Crippen LogP contribution < -0.4 is 10.0 Å². The van der Waals surface area contributed by atoms with Crippen LogP contribution in [0.3, 0.4) is 0 Å². The molecule has 0 saturated heterocycles. The standard InChI is InChI=1S/C13H13BrN2O3S2/c1-9-3-2-4-10(7-9)16-12(17)8-15-21(18,19)13-6-5-11(14)20-13/h2-7,15H,8H2,1H3,(H,16,17). The minimum atomic E-state index is -3.66. The van der Waals surface area contributed by atoms with Gasteiger partial charge in [0.2, 0.25) is 5.91 Å². The Labute approximate surface area is 135 Å². The summed E-state index contributed by atoms with van der Waals surface area (Å²) in [6.07, 6.45) is 0. The van der Waals surface area contributed by atoms with E-state index in [4.69, 9.17) is 0 Å². The fourth-order valence-electron chi connectivity index (χ4n) is 1.60. The number of sulfonamides is 1. The molecule has 0 radical (unpaired) electrons. The Bertz CT molecular complexity index is 756. The molecule has 0 aliphatic carbocycles. The van der Waals surface area contributed by atoms with Gasteiger partial charge in [0.25, 0.3) is 10.0 Å². The van der Waals surface area contributed by atoms with E-state index in [1.807, 2.05) is 25.1 Å². The fourth-order valence-corrected chi connectivity index (χ4v) is 4.64. The third kappa shape index (κ3) is 4.63. The highest BCUT2D eigenvalue weighted by atomic mass is 79.9. The molecule has 0 spiro atoms. The number of anilines is 1. The summed E-state index contributed by atoms with van der Waals surface area (Å²) in [5.41, 5.74) is 1.65. The second-order valence-electron chi connectivity index (χ2n) is 4.30. The molecule has 0 atom stereocenters. The van der Waals surface area contributed by atoms with Gasteiger partial charge in [0, 0.05) is 5.69 Å². The average molecular weight is 389 g/mol. The maximum Gasteiger partial charge on any atom is 0.250 e. The molecule has 2 N–H and O–H groups in total. The summed E-state index contributed by atoms with van der Waals surface area (Å²) in [4.78, 5) is 11.8. The lowest BCUT2D eigenvalue weighted by atomic mass is 10.2. The second-order valence-corrected chi connectivity index (χ2v) is 8.76. The summed E-state index contributed by atoms with van der Waals surface area (Å²) in [7, 11) is -3.66. The van der Waals surface area contributed by atoms with Gasteiger partial charge in [0.15, 0.2) is 0 Å². The number of aryl methyl sites for hydroxylation is 1. The molecule has 2 aromatic rings. The van der Waals surface area contributed by atoms with Crippen molar-refractivity contribution in [2.24, 2.45) is 0 Å². The van der Waals surface area contributed by atoms with Crippen LogP contribution in [0, 0.1) is 6.92 Å². The molecule has 21 heavy (non-hydrogen) atoms. The number of thiophene rings is 1. The van der Waals surface area contributed by atoms with Crippen LogP contribution in [0.1, 0.15) is 5.56 Å². The normalized spacial score (nSPS) is 11.3. The molecule has 0 bridgehead atoms. The van der Waals surface area contributed by atoms with Crippen LogP contribution in [0.25, 0.3) is 0 Å². The zero-order valence-corrected chi connectivity index (χ0v) is 14.3. The summed E-state index contributed by atoms with van der Waals surface area (Å²) in [6.45, 7) is 1.60. The van der Waals surface area contributed by atoms with E-state index in [0.29, 0.717) is 9.47 Å². The van der Waals surface area contributed by atoms with Crippen LogP contribution in [0.5, 0.6) is 0 Å². The number of carbonyl (C=O) groups is 1. The number of halogens is 1. The van der Waals surface area contributed by atoms with E-state index in [2.05, 4.69) is 26.0 Å². The minimum absolute atomic E-state index is 0.165. The van der Waals surface area contributed by atoms with Gasteiger partial charge < -0.3 is 5.32 Å². The molecule has 0 aliphatic rings. The van der Waals surface area contributed by atoms with Crippen molar-refractivity contribution in [3.05, 3.63) is 45.7 Å². The van der Waals surface area contributed by atoms with Crippen LogP contribution in [0.2, 0.25) is 0 Å². The maximum atomic E-state index is 12.0. The van der Waals surface area contributed by atoms with Crippen molar-refractivity contribution < 1.29 is 13.2 Å². The van der Waals surface area contributed by atoms with Gasteiger partial charge in [-0.25, -0.2) is 13.1 Å². The zero-order valence-electron chi connectivity index (χ0n) is 11.1. The third-order valence-electron chi connectivity index (χ3n) is 2.54. The van der Waals surface area contributed by atoms with Crippen molar-refractivity contribution in [1.82, 2.24) is 4.72 Å². The summed E-state index contributed by atoms with van der Waals surface area (Å²) in [5.74, 6) is -0.417. The predicted molar refractivity (Wildman–Crippen MR) is 87.0 cm³/mol. The highest BCUT2D eigenvalue weighted by Gasteiger charge is 2.17. The molecule has 112 valence electrons. The van der Waals surface area contributed by atoms with Gasteiger partial charge >= 0.3 is 0 Å². The zero-order chi connectivity index (χ0) is 15.5. The monoisotopic (exact) mass is 388 g/mol. The first-order chi connectivity index (χ1) is 9.87. The number of amides is 1.